The van der Waals surface area contributed by atoms with Crippen LogP contribution in [0.25, 0.3) is 11.0 Å². The highest BCUT2D eigenvalue weighted by Crippen LogP contribution is 2.39. The summed E-state index contributed by atoms with van der Waals surface area (Å²) in [6.45, 7) is 7.72. The van der Waals surface area contributed by atoms with Crippen molar-refractivity contribution in [1.29, 1.82) is 0 Å². The van der Waals surface area contributed by atoms with Gasteiger partial charge in [0.15, 0.2) is 0 Å². The Balaban J connectivity index is 1.25. The van der Waals surface area contributed by atoms with E-state index in [1.54, 1.807) is 36.4 Å². The van der Waals surface area contributed by atoms with Gasteiger partial charge in [0.1, 0.15) is 11.1 Å². The van der Waals surface area contributed by atoms with Gasteiger partial charge in [-0.3, -0.25) is 14.4 Å². The lowest BCUT2D eigenvalue weighted by Gasteiger charge is -2.44. The molecule has 2 aromatic carbocycles. The average Bonchev–Trinajstić information content (AvgIpc) is 3.00. The van der Waals surface area contributed by atoms with Crippen molar-refractivity contribution in [2.45, 2.75) is 39.2 Å². The van der Waals surface area contributed by atoms with Gasteiger partial charge in [-0.2, -0.15) is 0 Å². The fraction of sp³-hybridized carbons (Fsp3) is 0.371. The summed E-state index contributed by atoms with van der Waals surface area (Å²) in [4.78, 5) is 56.9. The predicted molar refractivity (Wildman–Crippen MR) is 169 cm³/mol. The van der Waals surface area contributed by atoms with E-state index in [1.807, 2.05) is 39.8 Å². The Labute approximate surface area is 255 Å². The third-order valence-electron chi connectivity index (χ3n) is 9.35. The van der Waals surface area contributed by atoms with Crippen LogP contribution in [-0.4, -0.2) is 47.5 Å². The van der Waals surface area contributed by atoms with Gasteiger partial charge in [-0.1, -0.05) is 38.1 Å². The van der Waals surface area contributed by atoms with Crippen LogP contribution in [0.3, 0.4) is 0 Å². The number of rotatable bonds is 4. The van der Waals surface area contributed by atoms with E-state index in [0.29, 0.717) is 66.8 Å². The number of hydrogen-bond donors (Lipinski definition) is 1. The number of nitrogens with one attached hydrogen (secondary N) is 1. The maximum Gasteiger partial charge on any atom is 0.349 e. The van der Waals surface area contributed by atoms with E-state index >= 15 is 0 Å². The summed E-state index contributed by atoms with van der Waals surface area (Å²) in [5.74, 6) is 0.581. The van der Waals surface area contributed by atoms with E-state index in [-0.39, 0.29) is 28.9 Å². The standard InChI is InChI=1S/C35H36N4O5/c1-21-12-22(2)17-38(16-21)34(42)25-10-11-30(37-18-23-13-26(20-37)29-7-5-9-32(40)39(29)19-23)28(15-25)36-33(41)27-14-24-6-3-4-8-31(24)44-35(27)43/h3-11,14-15,21-23,26H,12-13,16-20H2,1-2H3,(H,36,41)/t21-,22+,23-,26+/m1/s1. The highest BCUT2D eigenvalue weighted by Gasteiger charge is 2.36. The lowest BCUT2D eigenvalue weighted by molar-refractivity contribution is 0.0623. The highest BCUT2D eigenvalue weighted by molar-refractivity contribution is 6.08. The number of para-hydroxylation sites is 1. The van der Waals surface area contributed by atoms with Crippen LogP contribution in [0.2, 0.25) is 0 Å². The van der Waals surface area contributed by atoms with E-state index in [1.165, 1.54) is 0 Å². The minimum Gasteiger partial charge on any atom is -0.422 e. The summed E-state index contributed by atoms with van der Waals surface area (Å²) in [6.07, 6.45) is 2.08. The van der Waals surface area contributed by atoms with Gasteiger partial charge in [-0.05, 0) is 67.0 Å². The van der Waals surface area contributed by atoms with E-state index in [9.17, 15) is 19.2 Å². The molecule has 0 unspecified atom stereocenters. The molecule has 7 rings (SSSR count). The molecule has 3 aliphatic rings. The molecule has 0 aliphatic carbocycles. The molecule has 2 saturated heterocycles. The number of anilines is 2. The zero-order valence-corrected chi connectivity index (χ0v) is 25.0. The van der Waals surface area contributed by atoms with Crippen molar-refractivity contribution in [2.24, 2.45) is 17.8 Å². The number of nitrogens with zero attached hydrogens (tertiary/aromatic N) is 3. The lowest BCUT2D eigenvalue weighted by atomic mass is 9.83. The number of pyridine rings is 1. The maximum atomic E-state index is 13.7. The second kappa shape index (κ2) is 11.1. The van der Waals surface area contributed by atoms with E-state index in [2.05, 4.69) is 24.1 Å². The van der Waals surface area contributed by atoms with E-state index in [4.69, 9.17) is 4.42 Å². The number of carbonyl (C=O) groups is 2. The molecule has 5 heterocycles. The number of likely N-dealkylation sites (tertiary alicyclic amines) is 1. The Morgan fingerprint density at radius 1 is 0.841 bits per heavy atom. The fourth-order valence-corrected chi connectivity index (χ4v) is 7.56. The summed E-state index contributed by atoms with van der Waals surface area (Å²) in [7, 11) is 0. The van der Waals surface area contributed by atoms with Crippen molar-refractivity contribution in [3.8, 4) is 0 Å². The van der Waals surface area contributed by atoms with Crippen molar-refractivity contribution in [1.82, 2.24) is 9.47 Å². The van der Waals surface area contributed by atoms with E-state index in [0.717, 1.165) is 24.2 Å². The van der Waals surface area contributed by atoms with Crippen LogP contribution in [0.5, 0.6) is 0 Å². The number of benzene rings is 2. The molecule has 226 valence electrons. The van der Waals surface area contributed by atoms with Gasteiger partial charge in [-0.25, -0.2) is 4.79 Å². The first-order valence-electron chi connectivity index (χ1n) is 15.5. The largest absolute Gasteiger partial charge is 0.422 e. The smallest absolute Gasteiger partial charge is 0.349 e. The SMILES string of the molecule is C[C@@H]1C[C@H](C)CN(C(=O)c2ccc(N3C[C@H]4C[C@@H](C3)c3cccc(=O)n3C4)c(NC(=O)c3cc4ccccc4oc3=O)c2)C1. The Morgan fingerprint density at radius 3 is 2.45 bits per heavy atom. The monoisotopic (exact) mass is 592 g/mol. The molecule has 4 atom stereocenters. The van der Waals surface area contributed by atoms with Crippen molar-refractivity contribution >= 4 is 34.2 Å². The summed E-state index contributed by atoms with van der Waals surface area (Å²) >= 11 is 0. The Morgan fingerprint density at radius 2 is 1.64 bits per heavy atom. The maximum absolute atomic E-state index is 13.7. The summed E-state index contributed by atoms with van der Waals surface area (Å²) in [5, 5.41) is 3.62. The predicted octanol–water partition coefficient (Wildman–Crippen LogP) is 4.95. The topological polar surface area (TPSA) is 105 Å². The molecule has 2 aromatic heterocycles. The number of carbonyl (C=O) groups excluding carboxylic acids is 2. The molecular formula is C35H36N4O5. The fourth-order valence-electron chi connectivity index (χ4n) is 7.56. The summed E-state index contributed by atoms with van der Waals surface area (Å²) in [6, 6.07) is 19.5. The van der Waals surface area contributed by atoms with Gasteiger partial charge >= 0.3 is 5.63 Å². The first-order chi connectivity index (χ1) is 21.2. The molecule has 9 heteroatoms. The summed E-state index contributed by atoms with van der Waals surface area (Å²) < 4.78 is 7.33. The second-order valence-electron chi connectivity index (χ2n) is 12.9. The Hall–Kier alpha value is -4.66. The Kier molecular flexibility index (Phi) is 7.11. The second-order valence-corrected chi connectivity index (χ2v) is 12.9. The zero-order valence-electron chi connectivity index (χ0n) is 25.0. The number of aromatic nitrogens is 1. The van der Waals surface area contributed by atoms with Crippen LogP contribution in [-0.2, 0) is 6.54 Å². The van der Waals surface area contributed by atoms with Crippen molar-refractivity contribution in [3.05, 3.63) is 104 Å². The molecule has 0 spiro atoms. The molecule has 2 bridgehead atoms. The molecule has 4 aromatic rings. The average molecular weight is 593 g/mol. The van der Waals surface area contributed by atoms with Crippen molar-refractivity contribution < 1.29 is 14.0 Å². The number of fused-ring (bicyclic) bond motifs is 5. The van der Waals surface area contributed by atoms with Crippen molar-refractivity contribution in [2.75, 3.05) is 36.4 Å². The minimum absolute atomic E-state index is 0.0250. The third-order valence-corrected chi connectivity index (χ3v) is 9.35. The van der Waals surface area contributed by atoms with Gasteiger partial charge in [0.2, 0.25) is 0 Å². The first-order valence-corrected chi connectivity index (χ1v) is 15.5. The van der Waals surface area contributed by atoms with Gasteiger partial charge in [0.05, 0.1) is 11.4 Å². The van der Waals surface area contributed by atoms with Gasteiger partial charge in [0.25, 0.3) is 17.4 Å². The van der Waals surface area contributed by atoms with Crippen LogP contribution in [0.1, 0.15) is 59.0 Å². The molecule has 9 nitrogen and oxygen atoms in total. The third kappa shape index (κ3) is 5.20. The Bertz CT molecular complexity index is 1880. The van der Waals surface area contributed by atoms with Crippen LogP contribution in [0.4, 0.5) is 11.4 Å². The normalized spacial score (nSPS) is 22.9. The molecule has 44 heavy (non-hydrogen) atoms. The molecule has 0 saturated carbocycles. The lowest BCUT2D eigenvalue weighted by Crippen LogP contribution is -2.47. The summed E-state index contributed by atoms with van der Waals surface area (Å²) in [5.41, 5.74) is 2.38. The van der Waals surface area contributed by atoms with Crippen LogP contribution < -0.4 is 21.4 Å². The zero-order chi connectivity index (χ0) is 30.5. The number of hydrogen-bond acceptors (Lipinski definition) is 6. The molecule has 0 radical (unpaired) electrons. The van der Waals surface area contributed by atoms with E-state index < -0.39 is 11.5 Å². The number of amides is 2. The molecule has 1 N–H and O–H groups in total. The highest BCUT2D eigenvalue weighted by atomic mass is 16.4. The van der Waals surface area contributed by atoms with Crippen LogP contribution >= 0.6 is 0 Å². The number of piperidine rings is 2. The van der Waals surface area contributed by atoms with Gasteiger partial charge in [-0.15, -0.1) is 0 Å². The first kappa shape index (κ1) is 28.1. The molecule has 2 amide bonds. The minimum atomic E-state index is -0.721. The van der Waals surface area contributed by atoms with Crippen LogP contribution in [0.15, 0.2) is 80.7 Å². The molecular weight excluding hydrogens is 556 g/mol. The van der Waals surface area contributed by atoms with Gasteiger partial charge in [0, 0.05) is 61.4 Å². The van der Waals surface area contributed by atoms with Crippen LogP contribution in [0, 0.1) is 17.8 Å². The quantitative estimate of drug-likeness (QED) is 0.337. The molecule has 2 fully saturated rings. The molecule has 3 aliphatic heterocycles. The van der Waals surface area contributed by atoms with Crippen molar-refractivity contribution in [3.63, 3.8) is 0 Å². The van der Waals surface area contributed by atoms with Gasteiger partial charge < -0.3 is 24.1 Å².